The lowest BCUT2D eigenvalue weighted by atomic mass is 10.1. The first kappa shape index (κ1) is 19.3. The molecule has 0 radical (unpaired) electrons. The van der Waals surface area contributed by atoms with E-state index in [-0.39, 0.29) is 5.91 Å². The van der Waals surface area contributed by atoms with Crippen LogP contribution in [0.25, 0.3) is 0 Å². The summed E-state index contributed by atoms with van der Waals surface area (Å²) in [6.45, 7) is 3.60. The Bertz CT molecular complexity index is 843. The van der Waals surface area contributed by atoms with Crippen LogP contribution in [-0.2, 0) is 17.8 Å². The Kier molecular flexibility index (Phi) is 5.87. The van der Waals surface area contributed by atoms with E-state index in [4.69, 9.17) is 9.47 Å². The molecule has 2 aromatic carbocycles. The first-order chi connectivity index (χ1) is 13.6. The van der Waals surface area contributed by atoms with Gasteiger partial charge in [0.15, 0.2) is 11.5 Å². The van der Waals surface area contributed by atoms with Gasteiger partial charge in [0.2, 0.25) is 5.91 Å². The van der Waals surface area contributed by atoms with Gasteiger partial charge in [0.1, 0.15) is 13.2 Å². The molecule has 0 aliphatic carbocycles. The molecule has 2 aliphatic rings. The zero-order valence-electron chi connectivity index (χ0n) is 16.1. The molecule has 2 aliphatic heterocycles. The summed E-state index contributed by atoms with van der Waals surface area (Å²) in [7, 11) is 2.14. The van der Waals surface area contributed by atoms with E-state index in [1.54, 1.807) is 0 Å². The lowest BCUT2D eigenvalue weighted by Crippen LogP contribution is -2.36. The lowest BCUT2D eigenvalue weighted by Gasteiger charge is -2.25. The third kappa shape index (κ3) is 4.33. The molecule has 4 rings (SSSR count). The second-order valence-corrected chi connectivity index (χ2v) is 8.30. The van der Waals surface area contributed by atoms with Crippen molar-refractivity contribution in [3.05, 3.63) is 58.1 Å². The summed E-state index contributed by atoms with van der Waals surface area (Å²) in [5, 5.41) is 0. The van der Waals surface area contributed by atoms with Crippen LogP contribution in [0, 0.1) is 0 Å². The molecule has 0 saturated carbocycles. The number of amides is 1. The molecule has 1 saturated heterocycles. The van der Waals surface area contributed by atoms with E-state index in [0.29, 0.717) is 25.7 Å². The largest absolute Gasteiger partial charge is 0.486 e. The Morgan fingerprint density at radius 3 is 2.64 bits per heavy atom. The summed E-state index contributed by atoms with van der Waals surface area (Å²) in [4.78, 5) is 17.2. The van der Waals surface area contributed by atoms with E-state index < -0.39 is 0 Å². The molecule has 5 nitrogen and oxygen atoms in total. The molecular formula is C22H25BrN2O3. The van der Waals surface area contributed by atoms with E-state index in [1.807, 2.05) is 23.1 Å². The number of ether oxygens (including phenoxy) is 2. The Balaban J connectivity index is 1.36. The van der Waals surface area contributed by atoms with E-state index in [0.717, 1.165) is 47.6 Å². The Morgan fingerprint density at radius 2 is 1.89 bits per heavy atom. The Morgan fingerprint density at radius 1 is 1.18 bits per heavy atom. The maximum Gasteiger partial charge on any atom is 0.227 e. The molecule has 2 aromatic rings. The topological polar surface area (TPSA) is 42.0 Å². The van der Waals surface area contributed by atoms with Gasteiger partial charge in [-0.15, -0.1) is 0 Å². The van der Waals surface area contributed by atoms with Crippen molar-refractivity contribution >= 4 is 21.8 Å². The molecule has 1 fully saturated rings. The van der Waals surface area contributed by atoms with Gasteiger partial charge in [-0.05, 0) is 36.7 Å². The first-order valence-electron chi connectivity index (χ1n) is 9.70. The van der Waals surface area contributed by atoms with E-state index in [2.05, 4.69) is 52.1 Å². The van der Waals surface area contributed by atoms with Crippen LogP contribution < -0.4 is 9.47 Å². The van der Waals surface area contributed by atoms with Crippen LogP contribution in [0.4, 0.5) is 0 Å². The minimum atomic E-state index is 0.160. The summed E-state index contributed by atoms with van der Waals surface area (Å²) < 4.78 is 12.1. The normalized spacial score (nSPS) is 18.5. The van der Waals surface area contributed by atoms with E-state index in [9.17, 15) is 4.79 Å². The average Bonchev–Trinajstić information content (AvgIpc) is 3.20. The van der Waals surface area contributed by atoms with Gasteiger partial charge in [0.05, 0.1) is 6.42 Å². The highest BCUT2D eigenvalue weighted by Crippen LogP contribution is 2.36. The number of benzene rings is 2. The average molecular weight is 445 g/mol. The van der Waals surface area contributed by atoms with Crippen LogP contribution >= 0.6 is 15.9 Å². The molecule has 0 bridgehead atoms. The molecule has 2 heterocycles. The van der Waals surface area contributed by atoms with Gasteiger partial charge in [-0.2, -0.15) is 0 Å². The summed E-state index contributed by atoms with van der Waals surface area (Å²) >= 11 is 3.57. The van der Waals surface area contributed by atoms with Gasteiger partial charge in [-0.3, -0.25) is 9.69 Å². The SMILES string of the molecule is CN(Cc1ccccc1)C1CCN(C(=O)Cc2cc3c(cc2Br)OCCO3)C1. The number of likely N-dealkylation sites (N-methyl/N-ethyl adjacent to an activating group) is 1. The molecule has 1 unspecified atom stereocenters. The van der Waals surface area contributed by atoms with Crippen LogP contribution in [0.2, 0.25) is 0 Å². The fraction of sp³-hybridized carbons (Fsp3) is 0.409. The van der Waals surface area contributed by atoms with Crippen LogP contribution in [0.15, 0.2) is 46.9 Å². The lowest BCUT2D eigenvalue weighted by molar-refractivity contribution is -0.129. The highest BCUT2D eigenvalue weighted by Gasteiger charge is 2.29. The molecule has 6 heteroatoms. The van der Waals surface area contributed by atoms with Crippen molar-refractivity contribution in [1.29, 1.82) is 0 Å². The molecule has 1 amide bonds. The highest BCUT2D eigenvalue weighted by molar-refractivity contribution is 9.10. The number of hydrogen-bond acceptors (Lipinski definition) is 4. The first-order valence-corrected chi connectivity index (χ1v) is 10.5. The van der Waals surface area contributed by atoms with Crippen molar-refractivity contribution in [2.75, 3.05) is 33.4 Å². The van der Waals surface area contributed by atoms with Crippen molar-refractivity contribution in [3.8, 4) is 11.5 Å². The standard InChI is InChI=1S/C22H25BrN2O3/c1-24(14-16-5-3-2-4-6-16)18-7-8-25(15-18)22(26)12-17-11-20-21(13-19(17)23)28-10-9-27-20/h2-6,11,13,18H,7-10,12,14-15H2,1H3. The monoisotopic (exact) mass is 444 g/mol. The molecule has 1 atom stereocenters. The second-order valence-electron chi connectivity index (χ2n) is 7.45. The van der Waals surface area contributed by atoms with Crippen molar-refractivity contribution < 1.29 is 14.3 Å². The molecular weight excluding hydrogens is 420 g/mol. The smallest absolute Gasteiger partial charge is 0.227 e. The Hall–Kier alpha value is -2.05. The third-order valence-corrected chi connectivity index (χ3v) is 6.21. The molecule has 148 valence electrons. The number of hydrogen-bond donors (Lipinski definition) is 0. The predicted molar refractivity (Wildman–Crippen MR) is 112 cm³/mol. The minimum Gasteiger partial charge on any atom is -0.486 e. The summed E-state index contributed by atoms with van der Waals surface area (Å²) in [6, 6.07) is 14.7. The number of likely N-dealkylation sites (tertiary alicyclic amines) is 1. The van der Waals surface area contributed by atoms with Gasteiger partial charge < -0.3 is 14.4 Å². The number of halogens is 1. The van der Waals surface area contributed by atoms with Gasteiger partial charge in [-0.25, -0.2) is 0 Å². The van der Waals surface area contributed by atoms with Gasteiger partial charge in [0, 0.05) is 30.1 Å². The molecule has 0 aromatic heterocycles. The Labute approximate surface area is 174 Å². The summed E-state index contributed by atoms with van der Waals surface area (Å²) in [5.74, 6) is 1.62. The minimum absolute atomic E-state index is 0.160. The van der Waals surface area contributed by atoms with Crippen molar-refractivity contribution in [2.45, 2.75) is 25.4 Å². The van der Waals surface area contributed by atoms with Gasteiger partial charge in [-0.1, -0.05) is 46.3 Å². The maximum atomic E-state index is 12.9. The van der Waals surface area contributed by atoms with Crippen molar-refractivity contribution in [2.24, 2.45) is 0 Å². The number of carbonyl (C=O) groups is 1. The van der Waals surface area contributed by atoms with Gasteiger partial charge in [0.25, 0.3) is 0 Å². The van der Waals surface area contributed by atoms with Crippen LogP contribution in [0.1, 0.15) is 17.5 Å². The fourth-order valence-corrected chi connectivity index (χ4v) is 4.31. The fourth-order valence-electron chi connectivity index (χ4n) is 3.84. The van der Waals surface area contributed by atoms with Crippen molar-refractivity contribution in [1.82, 2.24) is 9.80 Å². The predicted octanol–water partition coefficient (Wildman–Crippen LogP) is 3.50. The van der Waals surface area contributed by atoms with Crippen molar-refractivity contribution in [3.63, 3.8) is 0 Å². The highest BCUT2D eigenvalue weighted by atomic mass is 79.9. The zero-order chi connectivity index (χ0) is 19.5. The summed E-state index contributed by atoms with van der Waals surface area (Å²) in [6.07, 6.45) is 1.38. The number of nitrogens with zero attached hydrogens (tertiary/aromatic N) is 2. The van der Waals surface area contributed by atoms with E-state index in [1.165, 1.54) is 5.56 Å². The second kappa shape index (κ2) is 8.53. The van der Waals surface area contributed by atoms with Crippen LogP contribution in [-0.4, -0.2) is 55.1 Å². The van der Waals surface area contributed by atoms with E-state index >= 15 is 0 Å². The molecule has 0 spiro atoms. The maximum absolute atomic E-state index is 12.9. The van der Waals surface area contributed by atoms with Crippen LogP contribution in [0.3, 0.4) is 0 Å². The van der Waals surface area contributed by atoms with Gasteiger partial charge >= 0.3 is 0 Å². The zero-order valence-corrected chi connectivity index (χ0v) is 17.7. The molecule has 28 heavy (non-hydrogen) atoms. The molecule has 0 N–H and O–H groups in total. The number of fused-ring (bicyclic) bond motifs is 1. The number of rotatable bonds is 5. The third-order valence-electron chi connectivity index (χ3n) is 5.47. The van der Waals surface area contributed by atoms with Crippen LogP contribution in [0.5, 0.6) is 11.5 Å². The summed E-state index contributed by atoms with van der Waals surface area (Å²) in [5.41, 5.74) is 2.24. The quantitative estimate of drug-likeness (QED) is 0.707. The number of carbonyl (C=O) groups excluding carboxylic acids is 1.